The third-order valence-corrected chi connectivity index (χ3v) is 7.14. The van der Waals surface area contributed by atoms with Gasteiger partial charge >= 0.3 is 12.3 Å². The monoisotopic (exact) mass is 586 g/mol. The molecule has 0 aliphatic carbocycles. The third-order valence-electron chi connectivity index (χ3n) is 6.20. The second-order valence-corrected chi connectivity index (χ2v) is 10.1. The molecule has 1 aliphatic heterocycles. The maximum atomic E-state index is 13.5. The number of fused-ring (bicyclic) bond motifs is 1. The molecule has 0 spiro atoms. The number of carbonyl (C=O) groups is 3. The molecule has 0 bridgehead atoms. The summed E-state index contributed by atoms with van der Waals surface area (Å²) >= 11 is 1.25. The molecule has 11 nitrogen and oxygen atoms in total. The van der Waals surface area contributed by atoms with Gasteiger partial charge in [0.25, 0.3) is 0 Å². The molecule has 1 saturated heterocycles. The van der Waals surface area contributed by atoms with Gasteiger partial charge in [-0.15, -0.1) is 0 Å². The SMILES string of the molecule is CC(=O)Nc1nc2c(Oc3cc(-c4ccc(C(F)(F)F)cc4NC(=O)C4CCCN4C(=O)O)ncn3)cccc2s1. The first-order chi connectivity index (χ1) is 19.5. The Kier molecular flexibility index (Phi) is 7.45. The van der Waals surface area contributed by atoms with Gasteiger partial charge in [-0.3, -0.25) is 14.5 Å². The molecule has 3 N–H and O–H groups in total. The van der Waals surface area contributed by atoms with Crippen LogP contribution in [0.1, 0.15) is 25.3 Å². The summed E-state index contributed by atoms with van der Waals surface area (Å²) in [7, 11) is 0. The topological polar surface area (TPSA) is 147 Å². The number of hydrogen-bond donors (Lipinski definition) is 3. The molecule has 2 aromatic heterocycles. The van der Waals surface area contributed by atoms with E-state index in [1.807, 2.05) is 0 Å². The number of carbonyl (C=O) groups excluding carboxylic acids is 2. The maximum absolute atomic E-state index is 13.5. The molecule has 0 saturated carbocycles. The van der Waals surface area contributed by atoms with Gasteiger partial charge in [0, 0.05) is 25.1 Å². The Morgan fingerprint density at radius 1 is 1.12 bits per heavy atom. The van der Waals surface area contributed by atoms with Crippen molar-refractivity contribution in [3.8, 4) is 22.9 Å². The largest absolute Gasteiger partial charge is 0.465 e. The van der Waals surface area contributed by atoms with E-state index in [0.29, 0.717) is 22.8 Å². The highest BCUT2D eigenvalue weighted by molar-refractivity contribution is 7.22. The molecule has 5 rings (SSSR count). The van der Waals surface area contributed by atoms with E-state index in [1.165, 1.54) is 24.3 Å². The number of ether oxygens (including phenoxy) is 1. The summed E-state index contributed by atoms with van der Waals surface area (Å²) in [4.78, 5) is 49.5. The fraction of sp³-hybridized carbons (Fsp3) is 0.231. The van der Waals surface area contributed by atoms with Crippen LogP contribution in [0.25, 0.3) is 21.5 Å². The van der Waals surface area contributed by atoms with Gasteiger partial charge in [-0.05, 0) is 37.1 Å². The molecule has 2 aromatic carbocycles. The highest BCUT2D eigenvalue weighted by Gasteiger charge is 2.35. The number of carboxylic acid groups (broad SMARTS) is 1. The number of alkyl halides is 3. The molecule has 1 fully saturated rings. The Morgan fingerprint density at radius 2 is 1.93 bits per heavy atom. The maximum Gasteiger partial charge on any atom is 0.416 e. The van der Waals surface area contributed by atoms with E-state index in [0.717, 1.165) is 34.1 Å². The molecule has 1 aliphatic rings. The molecule has 3 heterocycles. The van der Waals surface area contributed by atoms with Gasteiger partial charge in [0.1, 0.15) is 17.9 Å². The summed E-state index contributed by atoms with van der Waals surface area (Å²) in [6.45, 7) is 1.51. The lowest BCUT2D eigenvalue weighted by molar-refractivity contribution is -0.137. The van der Waals surface area contributed by atoms with Gasteiger partial charge < -0.3 is 20.5 Å². The van der Waals surface area contributed by atoms with Crippen molar-refractivity contribution in [2.45, 2.75) is 32.0 Å². The number of nitrogens with one attached hydrogen (secondary N) is 2. The van der Waals surface area contributed by atoms with Gasteiger partial charge in [-0.25, -0.2) is 19.7 Å². The number of halogens is 3. The Hall–Kier alpha value is -4.79. The summed E-state index contributed by atoms with van der Waals surface area (Å²) in [5.41, 5.74) is -0.464. The van der Waals surface area contributed by atoms with Crippen molar-refractivity contribution in [2.24, 2.45) is 0 Å². The highest BCUT2D eigenvalue weighted by atomic mass is 32.1. The van der Waals surface area contributed by atoms with Gasteiger partial charge in [0.05, 0.1) is 21.6 Å². The van der Waals surface area contributed by atoms with Crippen LogP contribution in [0.3, 0.4) is 0 Å². The summed E-state index contributed by atoms with van der Waals surface area (Å²) in [5.74, 6) is -0.672. The first-order valence-electron chi connectivity index (χ1n) is 12.2. The average Bonchev–Trinajstić information content (AvgIpc) is 3.56. The van der Waals surface area contributed by atoms with E-state index in [2.05, 4.69) is 25.6 Å². The van der Waals surface area contributed by atoms with E-state index in [9.17, 15) is 32.7 Å². The Balaban J connectivity index is 1.48. The number of para-hydroxylation sites is 1. The number of aromatic nitrogens is 3. The van der Waals surface area contributed by atoms with Crippen LogP contribution in [0.15, 0.2) is 48.8 Å². The third kappa shape index (κ3) is 6.04. The van der Waals surface area contributed by atoms with Crippen LogP contribution in [0.4, 0.5) is 28.8 Å². The second-order valence-electron chi connectivity index (χ2n) is 9.03. The van der Waals surface area contributed by atoms with Crippen LogP contribution < -0.4 is 15.4 Å². The minimum Gasteiger partial charge on any atom is -0.465 e. The number of rotatable bonds is 6. The summed E-state index contributed by atoms with van der Waals surface area (Å²) in [5, 5.41) is 14.8. The molecule has 1 atom stereocenters. The van der Waals surface area contributed by atoms with Gasteiger partial charge in [-0.1, -0.05) is 23.5 Å². The lowest BCUT2D eigenvalue weighted by Crippen LogP contribution is -2.42. The smallest absolute Gasteiger partial charge is 0.416 e. The van der Waals surface area contributed by atoms with Crippen molar-refractivity contribution in [1.82, 2.24) is 19.9 Å². The van der Waals surface area contributed by atoms with E-state index in [1.54, 1.807) is 18.2 Å². The van der Waals surface area contributed by atoms with Crippen LogP contribution in [0.5, 0.6) is 11.6 Å². The lowest BCUT2D eigenvalue weighted by atomic mass is 10.0. The number of hydrogen-bond acceptors (Lipinski definition) is 8. The van der Waals surface area contributed by atoms with E-state index in [4.69, 9.17) is 4.74 Å². The predicted molar refractivity (Wildman–Crippen MR) is 143 cm³/mol. The van der Waals surface area contributed by atoms with Crippen molar-refractivity contribution in [3.05, 3.63) is 54.4 Å². The van der Waals surface area contributed by atoms with Gasteiger partial charge in [-0.2, -0.15) is 13.2 Å². The molecule has 41 heavy (non-hydrogen) atoms. The van der Waals surface area contributed by atoms with Gasteiger partial charge in [0.2, 0.25) is 17.7 Å². The van der Waals surface area contributed by atoms with E-state index in [-0.39, 0.29) is 41.7 Å². The number of benzene rings is 2. The van der Waals surface area contributed by atoms with Gasteiger partial charge in [0.15, 0.2) is 10.9 Å². The van der Waals surface area contributed by atoms with Crippen molar-refractivity contribution < 1.29 is 37.4 Å². The number of thiazole rings is 1. The average molecular weight is 587 g/mol. The standard InChI is InChI=1S/C26H21F3N6O5S/c1-13(36)32-24-34-22-19(5-2-6-20(22)41-24)40-21-11-16(30-12-31-21)15-8-7-14(26(27,28)29)10-17(15)33-23(37)18-4-3-9-35(18)25(38)39/h2,5-8,10-12,18H,3-4,9H2,1H3,(H,33,37)(H,38,39)(H,32,34,36). The molecule has 1 unspecified atom stereocenters. The Morgan fingerprint density at radius 3 is 2.66 bits per heavy atom. The normalized spacial score (nSPS) is 15.1. The number of likely N-dealkylation sites (tertiary alicyclic amines) is 1. The van der Waals surface area contributed by atoms with E-state index >= 15 is 0 Å². The first kappa shape index (κ1) is 27.8. The summed E-state index contributed by atoms with van der Waals surface area (Å²) in [6.07, 6.45) is -4.14. The molecular weight excluding hydrogens is 565 g/mol. The Labute approximate surface area is 234 Å². The minimum absolute atomic E-state index is 0.0431. The van der Waals surface area contributed by atoms with Crippen LogP contribution in [-0.4, -0.2) is 55.5 Å². The van der Waals surface area contributed by atoms with Crippen molar-refractivity contribution in [2.75, 3.05) is 17.2 Å². The van der Waals surface area contributed by atoms with Crippen molar-refractivity contribution >= 4 is 50.3 Å². The van der Waals surface area contributed by atoms with Crippen molar-refractivity contribution in [3.63, 3.8) is 0 Å². The highest BCUT2D eigenvalue weighted by Crippen LogP contribution is 2.38. The molecule has 3 amide bonds. The zero-order chi connectivity index (χ0) is 29.3. The van der Waals surface area contributed by atoms with Crippen molar-refractivity contribution in [1.29, 1.82) is 0 Å². The quantitative estimate of drug-likeness (QED) is 0.265. The lowest BCUT2D eigenvalue weighted by Gasteiger charge is -2.22. The fourth-order valence-electron chi connectivity index (χ4n) is 4.40. The number of anilines is 2. The summed E-state index contributed by atoms with van der Waals surface area (Å²) in [6, 6.07) is 8.29. The van der Waals surface area contributed by atoms with Crippen LogP contribution in [0.2, 0.25) is 0 Å². The Bertz CT molecular complexity index is 1660. The number of amides is 3. The molecule has 0 radical (unpaired) electrons. The number of nitrogens with zero attached hydrogens (tertiary/aromatic N) is 4. The molecular formula is C26H21F3N6O5S. The van der Waals surface area contributed by atoms with Crippen LogP contribution in [-0.2, 0) is 15.8 Å². The molecule has 15 heteroatoms. The zero-order valence-corrected chi connectivity index (χ0v) is 22.0. The first-order valence-corrected chi connectivity index (χ1v) is 13.0. The minimum atomic E-state index is -4.69. The van der Waals surface area contributed by atoms with E-state index < -0.39 is 29.8 Å². The predicted octanol–water partition coefficient (Wildman–Crippen LogP) is 5.60. The zero-order valence-electron chi connectivity index (χ0n) is 21.2. The molecule has 212 valence electrons. The second kappa shape index (κ2) is 11.0. The van der Waals surface area contributed by atoms with Crippen LogP contribution in [0, 0.1) is 0 Å². The molecule has 4 aromatic rings. The summed E-state index contributed by atoms with van der Waals surface area (Å²) < 4.78 is 47.3. The van der Waals surface area contributed by atoms with Crippen LogP contribution >= 0.6 is 11.3 Å². The fourth-order valence-corrected chi connectivity index (χ4v) is 5.33.